The van der Waals surface area contributed by atoms with Crippen molar-refractivity contribution in [2.75, 3.05) is 12.4 Å². The summed E-state index contributed by atoms with van der Waals surface area (Å²) in [7, 11) is 1.32. The van der Waals surface area contributed by atoms with Gasteiger partial charge >= 0.3 is 5.97 Å². The molecule has 0 saturated carbocycles. The van der Waals surface area contributed by atoms with Gasteiger partial charge in [-0.2, -0.15) is 5.10 Å². The number of carbonyl (C=O) groups excluding carboxylic acids is 2. The van der Waals surface area contributed by atoms with Crippen molar-refractivity contribution in [3.8, 4) is 0 Å². The van der Waals surface area contributed by atoms with Gasteiger partial charge in [0.2, 0.25) is 0 Å². The molecule has 1 amide bonds. The Bertz CT molecular complexity index is 912. The standard InChI is InChI=1S/C20H19N3O3/c1-14-3-5-15(6-4-14)12-23-13-18(11-21-23)22-19(24)16-7-9-17(10-8-16)20(25)26-2/h3-11,13H,12H2,1-2H3,(H,22,24). The largest absolute Gasteiger partial charge is 0.465 e. The predicted molar refractivity (Wildman–Crippen MR) is 98.2 cm³/mol. The first-order chi connectivity index (χ1) is 12.5. The molecule has 0 aliphatic carbocycles. The lowest BCUT2D eigenvalue weighted by atomic mass is 10.1. The van der Waals surface area contributed by atoms with Gasteiger partial charge in [0.25, 0.3) is 5.91 Å². The zero-order valence-electron chi connectivity index (χ0n) is 14.6. The zero-order chi connectivity index (χ0) is 18.5. The van der Waals surface area contributed by atoms with E-state index in [-0.39, 0.29) is 5.91 Å². The lowest BCUT2D eigenvalue weighted by molar-refractivity contribution is 0.0600. The molecule has 2 aromatic carbocycles. The van der Waals surface area contributed by atoms with E-state index in [2.05, 4.69) is 39.4 Å². The van der Waals surface area contributed by atoms with Crippen LogP contribution in [0.3, 0.4) is 0 Å². The fourth-order valence-electron chi connectivity index (χ4n) is 2.47. The van der Waals surface area contributed by atoms with E-state index in [9.17, 15) is 9.59 Å². The Balaban J connectivity index is 1.63. The first-order valence-electron chi connectivity index (χ1n) is 8.13. The van der Waals surface area contributed by atoms with E-state index in [1.165, 1.54) is 12.7 Å². The summed E-state index contributed by atoms with van der Waals surface area (Å²) in [6.07, 6.45) is 3.38. The minimum atomic E-state index is -0.436. The molecule has 132 valence electrons. The van der Waals surface area contributed by atoms with Gasteiger partial charge in [-0.25, -0.2) is 4.79 Å². The number of nitrogens with one attached hydrogen (secondary N) is 1. The SMILES string of the molecule is COC(=O)c1ccc(C(=O)Nc2cnn(Cc3ccc(C)cc3)c2)cc1. The van der Waals surface area contributed by atoms with Crippen LogP contribution in [0.1, 0.15) is 31.8 Å². The molecule has 0 unspecified atom stereocenters. The molecule has 0 fully saturated rings. The molecule has 6 heteroatoms. The average Bonchev–Trinajstić information content (AvgIpc) is 3.10. The van der Waals surface area contributed by atoms with Crippen LogP contribution in [0.4, 0.5) is 5.69 Å². The summed E-state index contributed by atoms with van der Waals surface area (Å²) in [6.45, 7) is 2.67. The molecule has 1 N–H and O–H groups in total. The normalized spacial score (nSPS) is 10.4. The second kappa shape index (κ2) is 7.65. The summed E-state index contributed by atoms with van der Waals surface area (Å²) < 4.78 is 6.40. The Hall–Kier alpha value is -3.41. The predicted octanol–water partition coefficient (Wildman–Crippen LogP) is 3.28. The van der Waals surface area contributed by atoms with Crippen LogP contribution in [-0.4, -0.2) is 28.8 Å². The Morgan fingerprint density at radius 2 is 1.69 bits per heavy atom. The lowest BCUT2D eigenvalue weighted by Gasteiger charge is -2.04. The van der Waals surface area contributed by atoms with E-state index < -0.39 is 5.97 Å². The summed E-state index contributed by atoms with van der Waals surface area (Å²) in [4.78, 5) is 23.7. The van der Waals surface area contributed by atoms with E-state index >= 15 is 0 Å². The molecule has 1 aromatic heterocycles. The van der Waals surface area contributed by atoms with Gasteiger partial charge in [0.05, 0.1) is 31.1 Å². The quantitative estimate of drug-likeness (QED) is 0.718. The number of aromatic nitrogens is 2. The van der Waals surface area contributed by atoms with E-state index in [1.807, 2.05) is 6.92 Å². The molecule has 3 aromatic rings. The second-order valence-electron chi connectivity index (χ2n) is 5.94. The Kier molecular flexibility index (Phi) is 5.12. The van der Waals surface area contributed by atoms with E-state index in [4.69, 9.17) is 0 Å². The van der Waals surface area contributed by atoms with Crippen molar-refractivity contribution >= 4 is 17.6 Å². The molecule has 1 heterocycles. The monoisotopic (exact) mass is 349 g/mol. The molecule has 0 spiro atoms. The van der Waals surface area contributed by atoms with Crippen LogP contribution in [0, 0.1) is 6.92 Å². The van der Waals surface area contributed by atoms with Crippen LogP contribution >= 0.6 is 0 Å². The number of ether oxygens (including phenoxy) is 1. The molecule has 0 aliphatic rings. The molecule has 6 nitrogen and oxygen atoms in total. The number of aryl methyl sites for hydroxylation is 1. The van der Waals surface area contributed by atoms with Crippen LogP contribution in [-0.2, 0) is 11.3 Å². The molecular weight excluding hydrogens is 330 g/mol. The molecule has 0 saturated heterocycles. The first-order valence-corrected chi connectivity index (χ1v) is 8.13. The number of anilines is 1. The number of nitrogens with zero attached hydrogens (tertiary/aromatic N) is 2. The molecule has 0 radical (unpaired) electrons. The molecule has 26 heavy (non-hydrogen) atoms. The molecule has 0 aliphatic heterocycles. The number of rotatable bonds is 5. The van der Waals surface area contributed by atoms with Crippen molar-refractivity contribution in [3.63, 3.8) is 0 Å². The fraction of sp³-hybridized carbons (Fsp3) is 0.150. The maximum absolute atomic E-state index is 12.3. The molecular formula is C20H19N3O3. The highest BCUT2D eigenvalue weighted by atomic mass is 16.5. The minimum absolute atomic E-state index is 0.267. The summed E-state index contributed by atoms with van der Waals surface area (Å²) >= 11 is 0. The molecule has 0 bridgehead atoms. The minimum Gasteiger partial charge on any atom is -0.465 e. The fourth-order valence-corrected chi connectivity index (χ4v) is 2.47. The zero-order valence-corrected chi connectivity index (χ0v) is 14.6. The Morgan fingerprint density at radius 1 is 1.04 bits per heavy atom. The van der Waals surface area contributed by atoms with Gasteiger partial charge < -0.3 is 10.1 Å². The van der Waals surface area contributed by atoms with Crippen LogP contribution in [0.25, 0.3) is 0 Å². The number of hydrogen-bond acceptors (Lipinski definition) is 4. The summed E-state index contributed by atoms with van der Waals surface area (Å²) in [5, 5.41) is 7.07. The van der Waals surface area contributed by atoms with Gasteiger partial charge in [0.15, 0.2) is 0 Å². The van der Waals surface area contributed by atoms with Gasteiger partial charge in [-0.05, 0) is 36.8 Å². The van der Waals surface area contributed by atoms with Crippen LogP contribution in [0.15, 0.2) is 60.9 Å². The van der Waals surface area contributed by atoms with Crippen molar-refractivity contribution < 1.29 is 14.3 Å². The van der Waals surface area contributed by atoms with Crippen molar-refractivity contribution in [1.29, 1.82) is 0 Å². The first kappa shape index (κ1) is 17.4. The van der Waals surface area contributed by atoms with Crippen molar-refractivity contribution in [2.45, 2.75) is 13.5 Å². The molecule has 3 rings (SSSR count). The highest BCUT2D eigenvalue weighted by molar-refractivity contribution is 6.04. The molecule has 0 atom stereocenters. The van der Waals surface area contributed by atoms with Crippen molar-refractivity contribution in [3.05, 3.63) is 83.2 Å². The third-order valence-electron chi connectivity index (χ3n) is 3.92. The Labute approximate surface area is 151 Å². The lowest BCUT2D eigenvalue weighted by Crippen LogP contribution is -2.12. The number of esters is 1. The summed E-state index contributed by atoms with van der Waals surface area (Å²) in [5.74, 6) is -0.703. The highest BCUT2D eigenvalue weighted by Gasteiger charge is 2.10. The Morgan fingerprint density at radius 3 is 2.35 bits per heavy atom. The number of hydrogen-bond donors (Lipinski definition) is 1. The van der Waals surface area contributed by atoms with Gasteiger partial charge in [0.1, 0.15) is 0 Å². The number of methoxy groups -OCH3 is 1. The average molecular weight is 349 g/mol. The van der Waals surface area contributed by atoms with Crippen LogP contribution in [0.5, 0.6) is 0 Å². The topological polar surface area (TPSA) is 73.2 Å². The van der Waals surface area contributed by atoms with Crippen molar-refractivity contribution in [2.24, 2.45) is 0 Å². The van der Waals surface area contributed by atoms with Gasteiger partial charge in [0, 0.05) is 11.8 Å². The number of amides is 1. The van der Waals surface area contributed by atoms with Crippen molar-refractivity contribution in [1.82, 2.24) is 9.78 Å². The van der Waals surface area contributed by atoms with Gasteiger partial charge in [-0.1, -0.05) is 29.8 Å². The summed E-state index contributed by atoms with van der Waals surface area (Å²) in [6, 6.07) is 14.5. The second-order valence-corrected chi connectivity index (χ2v) is 5.94. The van der Waals surface area contributed by atoms with Gasteiger partial charge in [-0.3, -0.25) is 9.48 Å². The van der Waals surface area contributed by atoms with E-state index in [1.54, 1.807) is 41.3 Å². The maximum Gasteiger partial charge on any atom is 0.337 e. The third-order valence-corrected chi connectivity index (χ3v) is 3.92. The van der Waals surface area contributed by atoms with Crippen LogP contribution in [0.2, 0.25) is 0 Å². The van der Waals surface area contributed by atoms with E-state index in [0.29, 0.717) is 23.4 Å². The highest BCUT2D eigenvalue weighted by Crippen LogP contribution is 2.12. The maximum atomic E-state index is 12.3. The van der Waals surface area contributed by atoms with E-state index in [0.717, 1.165) is 5.56 Å². The number of carbonyl (C=O) groups is 2. The van der Waals surface area contributed by atoms with Crippen LogP contribution < -0.4 is 5.32 Å². The van der Waals surface area contributed by atoms with Gasteiger partial charge in [-0.15, -0.1) is 0 Å². The third kappa shape index (κ3) is 4.16. The summed E-state index contributed by atoms with van der Waals surface area (Å²) in [5.41, 5.74) is 3.80. The number of benzene rings is 2. The smallest absolute Gasteiger partial charge is 0.337 e.